The van der Waals surface area contributed by atoms with Gasteiger partial charge in [-0.15, -0.1) is 0 Å². The third-order valence-electron chi connectivity index (χ3n) is 9.50. The van der Waals surface area contributed by atoms with Crippen LogP contribution in [0.1, 0.15) is 56.8 Å². The van der Waals surface area contributed by atoms with E-state index in [4.69, 9.17) is 21.1 Å². The number of ether oxygens (including phenoxy) is 2. The van der Waals surface area contributed by atoms with Gasteiger partial charge >= 0.3 is 5.97 Å². The zero-order chi connectivity index (χ0) is 37.7. The lowest BCUT2D eigenvalue weighted by Gasteiger charge is -2.36. The normalized spacial score (nSPS) is 23.4. The molecule has 2 heterocycles. The molecule has 3 fully saturated rings. The molecule has 0 spiro atoms. The van der Waals surface area contributed by atoms with Crippen molar-refractivity contribution in [2.45, 2.75) is 79.4 Å². The summed E-state index contributed by atoms with van der Waals surface area (Å²) in [4.78, 5) is 59.5. The summed E-state index contributed by atoms with van der Waals surface area (Å²) in [5, 5.41) is 16.4. The topological polar surface area (TPSA) is 193 Å². The molecule has 3 aliphatic rings. The third-order valence-corrected chi connectivity index (χ3v) is 13.1. The SMILES string of the molecule is COc1cnc(O[C@@H]2C[C@@H](C(=O)N[C@]3(C(=O)NS(=O)(=O)C4CC4)C[C@H]3I)N(C(=O)C(Nc3ccc(C(=O)O)cc3)C(C)(C)C)C2)c2cc(Cl)ccc12. The standard InChI is InChI=1S/C35H39ClIN5O9S/c1-34(2,3)28(39-20-8-5-18(6-9-20)32(45)46)31(44)42-17-21(51-30-24-13-19(36)7-12-23(24)26(50-4)16-38-30)14-25(42)29(43)40-35(15-27(35)37)33(47)41-52(48,49)22-10-11-22/h5-9,12-13,16,21-22,25,27-28,39H,10-11,14-15,17H2,1-4H3,(H,40,43)(H,41,47)(H,45,46)/t21-,25+,27-,28?,35-/m1/s1. The number of pyridine rings is 1. The number of methoxy groups -OCH3 is 1. The minimum absolute atomic E-state index is 0.0260. The van der Waals surface area contributed by atoms with Gasteiger partial charge in [-0.3, -0.25) is 19.1 Å². The zero-order valence-electron chi connectivity index (χ0n) is 28.8. The molecule has 1 aliphatic heterocycles. The number of benzene rings is 2. The molecule has 52 heavy (non-hydrogen) atoms. The molecule has 14 nitrogen and oxygen atoms in total. The fraction of sp³-hybridized carbons (Fsp3) is 0.457. The van der Waals surface area contributed by atoms with Crippen LogP contribution in [0.5, 0.6) is 11.6 Å². The number of aromatic carboxylic acids is 1. The molecule has 6 rings (SSSR count). The molecule has 1 unspecified atom stereocenters. The predicted octanol–water partition coefficient (Wildman–Crippen LogP) is 4.14. The molecule has 2 aromatic carbocycles. The van der Waals surface area contributed by atoms with Crippen LogP contribution < -0.4 is 24.8 Å². The van der Waals surface area contributed by atoms with Crippen molar-refractivity contribution in [2.75, 3.05) is 19.0 Å². The van der Waals surface area contributed by atoms with Crippen molar-refractivity contribution >= 4 is 84.4 Å². The lowest BCUT2D eigenvalue weighted by Crippen LogP contribution is -2.58. The molecule has 0 bridgehead atoms. The fourth-order valence-corrected chi connectivity index (χ4v) is 8.94. The predicted molar refractivity (Wildman–Crippen MR) is 201 cm³/mol. The highest BCUT2D eigenvalue weighted by molar-refractivity contribution is 14.1. The molecule has 4 N–H and O–H groups in total. The Morgan fingerprint density at radius 3 is 2.35 bits per heavy atom. The van der Waals surface area contributed by atoms with E-state index in [9.17, 15) is 32.7 Å². The van der Waals surface area contributed by atoms with E-state index in [0.29, 0.717) is 40.1 Å². The van der Waals surface area contributed by atoms with E-state index in [-0.39, 0.29) is 34.8 Å². The highest BCUT2D eigenvalue weighted by atomic mass is 127. The van der Waals surface area contributed by atoms with Gasteiger partial charge in [-0.2, -0.15) is 0 Å². The van der Waals surface area contributed by atoms with Gasteiger partial charge in [0.05, 0.1) is 30.7 Å². The van der Waals surface area contributed by atoms with Crippen molar-refractivity contribution in [1.82, 2.24) is 19.9 Å². The first-order valence-corrected chi connectivity index (χ1v) is 19.8. The number of fused-ring (bicyclic) bond motifs is 1. The van der Waals surface area contributed by atoms with Crippen LogP contribution in [0.15, 0.2) is 48.7 Å². The number of carbonyl (C=O) groups is 4. The number of carbonyl (C=O) groups excluding carboxylic acids is 3. The average Bonchev–Trinajstić information content (AvgIpc) is 4.00. The number of nitrogens with one attached hydrogen (secondary N) is 3. The van der Waals surface area contributed by atoms with Gasteiger partial charge in [-0.25, -0.2) is 18.2 Å². The molecular formula is C35H39ClIN5O9S. The van der Waals surface area contributed by atoms with Gasteiger partial charge in [0.25, 0.3) is 5.91 Å². The quantitative estimate of drug-likeness (QED) is 0.151. The second kappa shape index (κ2) is 14.2. The van der Waals surface area contributed by atoms with Crippen LogP contribution in [0.4, 0.5) is 5.69 Å². The largest absolute Gasteiger partial charge is 0.494 e. The van der Waals surface area contributed by atoms with Crippen molar-refractivity contribution < 1.29 is 42.2 Å². The zero-order valence-corrected chi connectivity index (χ0v) is 32.5. The summed E-state index contributed by atoms with van der Waals surface area (Å²) in [6.07, 6.45) is 1.96. The fourth-order valence-electron chi connectivity index (χ4n) is 6.27. The Hall–Kier alpha value is -3.90. The average molecular weight is 868 g/mol. The lowest BCUT2D eigenvalue weighted by atomic mass is 9.85. The van der Waals surface area contributed by atoms with E-state index in [2.05, 4.69) is 20.3 Å². The van der Waals surface area contributed by atoms with Crippen LogP contribution in [0.2, 0.25) is 5.02 Å². The van der Waals surface area contributed by atoms with Gasteiger partial charge in [0, 0.05) is 31.8 Å². The number of aromatic nitrogens is 1. The summed E-state index contributed by atoms with van der Waals surface area (Å²) in [5.41, 5.74) is -1.59. The molecule has 0 radical (unpaired) electrons. The Morgan fingerprint density at radius 2 is 1.77 bits per heavy atom. The number of hydrogen-bond donors (Lipinski definition) is 4. The molecule has 2 aliphatic carbocycles. The van der Waals surface area contributed by atoms with Crippen molar-refractivity contribution in [1.29, 1.82) is 0 Å². The number of halogens is 2. The maximum absolute atomic E-state index is 14.6. The molecule has 3 aromatic rings. The number of nitrogens with zero attached hydrogens (tertiary/aromatic N) is 2. The second-order valence-corrected chi connectivity index (χ2v) is 18.3. The van der Waals surface area contributed by atoms with Crippen molar-refractivity contribution in [3.05, 3.63) is 59.2 Å². The Kier molecular flexibility index (Phi) is 10.3. The van der Waals surface area contributed by atoms with Crippen LogP contribution in [0, 0.1) is 5.41 Å². The number of likely N-dealkylation sites (tertiary alicyclic amines) is 1. The van der Waals surface area contributed by atoms with E-state index in [0.717, 1.165) is 0 Å². The maximum Gasteiger partial charge on any atom is 0.335 e. The molecule has 1 aromatic heterocycles. The number of amides is 3. The van der Waals surface area contributed by atoms with E-state index in [1.807, 2.05) is 43.4 Å². The Balaban J connectivity index is 1.30. The first-order chi connectivity index (χ1) is 24.4. The Bertz CT molecular complexity index is 2040. The summed E-state index contributed by atoms with van der Waals surface area (Å²) in [6.45, 7) is 5.54. The van der Waals surface area contributed by atoms with Crippen molar-refractivity contribution in [2.24, 2.45) is 5.41 Å². The third kappa shape index (κ3) is 7.74. The Labute approximate surface area is 319 Å². The number of alkyl halides is 1. The number of carboxylic acids is 1. The van der Waals surface area contributed by atoms with Gasteiger partial charge in [0.1, 0.15) is 29.5 Å². The smallest absolute Gasteiger partial charge is 0.335 e. The van der Waals surface area contributed by atoms with Crippen molar-refractivity contribution in [3.8, 4) is 11.6 Å². The van der Waals surface area contributed by atoms with Gasteiger partial charge in [0.15, 0.2) is 0 Å². The van der Waals surface area contributed by atoms with E-state index in [1.54, 1.807) is 30.3 Å². The van der Waals surface area contributed by atoms with E-state index < -0.39 is 68.1 Å². The first kappa shape index (κ1) is 37.8. The molecule has 3 amide bonds. The van der Waals surface area contributed by atoms with Gasteiger partial charge in [-0.05, 0) is 67.1 Å². The summed E-state index contributed by atoms with van der Waals surface area (Å²) >= 11 is 8.34. The second-order valence-electron chi connectivity index (χ2n) is 14.4. The molecule has 5 atom stereocenters. The summed E-state index contributed by atoms with van der Waals surface area (Å²) in [7, 11) is -2.35. The van der Waals surface area contributed by atoms with Crippen LogP contribution in [0.25, 0.3) is 10.8 Å². The lowest BCUT2D eigenvalue weighted by molar-refractivity contribution is -0.141. The van der Waals surface area contributed by atoms with Crippen LogP contribution in [0.3, 0.4) is 0 Å². The molecule has 278 valence electrons. The molecular weight excluding hydrogens is 829 g/mol. The van der Waals surface area contributed by atoms with Gasteiger partial charge in [0.2, 0.25) is 27.7 Å². The van der Waals surface area contributed by atoms with E-state index in [1.165, 1.54) is 30.3 Å². The minimum atomic E-state index is -3.87. The number of rotatable bonds is 12. The number of carboxylic acid groups (broad SMARTS) is 1. The van der Waals surface area contributed by atoms with Crippen LogP contribution in [-0.2, 0) is 24.4 Å². The highest BCUT2D eigenvalue weighted by Gasteiger charge is 2.62. The summed E-state index contributed by atoms with van der Waals surface area (Å²) in [5.74, 6) is -2.24. The Morgan fingerprint density at radius 1 is 1.10 bits per heavy atom. The van der Waals surface area contributed by atoms with Gasteiger partial charge < -0.3 is 30.1 Å². The summed E-state index contributed by atoms with van der Waals surface area (Å²) in [6, 6.07) is 9.14. The van der Waals surface area contributed by atoms with Crippen LogP contribution >= 0.6 is 34.2 Å². The monoisotopic (exact) mass is 867 g/mol. The van der Waals surface area contributed by atoms with Crippen LogP contribution in [-0.4, -0.2) is 93.7 Å². The molecule has 1 saturated heterocycles. The number of sulfonamides is 1. The maximum atomic E-state index is 14.6. The van der Waals surface area contributed by atoms with Crippen molar-refractivity contribution in [3.63, 3.8) is 0 Å². The summed E-state index contributed by atoms with van der Waals surface area (Å²) < 4.78 is 38.9. The first-order valence-electron chi connectivity index (χ1n) is 16.6. The molecule has 2 saturated carbocycles. The number of anilines is 1. The van der Waals surface area contributed by atoms with Gasteiger partial charge in [-0.1, -0.05) is 55.0 Å². The molecule has 17 heteroatoms. The minimum Gasteiger partial charge on any atom is -0.494 e. The highest BCUT2D eigenvalue weighted by Crippen LogP contribution is 2.44. The number of hydrogen-bond acceptors (Lipinski definition) is 10. The van der Waals surface area contributed by atoms with E-state index >= 15 is 0 Å².